The summed E-state index contributed by atoms with van der Waals surface area (Å²) in [6.07, 6.45) is 3.56. The highest BCUT2D eigenvalue weighted by molar-refractivity contribution is 5.83. The number of fused-ring (bicyclic) bond motifs is 1. The van der Waals surface area contributed by atoms with Gasteiger partial charge in [0.25, 0.3) is 0 Å². The Morgan fingerprint density at radius 3 is 2.46 bits per heavy atom. The number of carboxylic acid groups (broad SMARTS) is 1. The van der Waals surface area contributed by atoms with E-state index < -0.39 is 17.7 Å². The Balaban J connectivity index is 1.74. The van der Waals surface area contributed by atoms with Crippen LogP contribution in [-0.2, 0) is 22.4 Å². The van der Waals surface area contributed by atoms with E-state index in [0.29, 0.717) is 13.0 Å². The first-order chi connectivity index (χ1) is 16.6. The summed E-state index contributed by atoms with van der Waals surface area (Å²) in [7, 11) is 0. The van der Waals surface area contributed by atoms with Crippen LogP contribution in [0.1, 0.15) is 50.3 Å². The van der Waals surface area contributed by atoms with Gasteiger partial charge in [0.2, 0.25) is 0 Å². The lowest BCUT2D eigenvalue weighted by atomic mass is 9.98. The summed E-state index contributed by atoms with van der Waals surface area (Å²) in [6, 6.07) is 15.8. The first-order valence-corrected chi connectivity index (χ1v) is 12.1. The largest absolute Gasteiger partial charge is 0.481 e. The first kappa shape index (κ1) is 26.3. The van der Waals surface area contributed by atoms with Crippen LogP contribution in [-0.4, -0.2) is 46.4 Å². The molecule has 1 aromatic heterocycles. The van der Waals surface area contributed by atoms with Gasteiger partial charge >= 0.3 is 12.1 Å². The molecule has 1 unspecified atom stereocenters. The minimum Gasteiger partial charge on any atom is -0.481 e. The Kier molecular flexibility index (Phi) is 8.93. The molecule has 0 aliphatic heterocycles. The third-order valence-electron chi connectivity index (χ3n) is 5.95. The molecule has 7 nitrogen and oxygen atoms in total. The molecule has 0 aliphatic rings. The second-order valence-corrected chi connectivity index (χ2v) is 10.1. The number of para-hydroxylation sites is 1. The molecule has 0 bridgehead atoms. The summed E-state index contributed by atoms with van der Waals surface area (Å²) >= 11 is 0. The SMILES string of the molecule is Cc1ccccc1CCC(CNC(=O)OC(C)(C)C)N[C@H](CC(=O)O)Cc1c[nH]c2ccccc12. The molecule has 0 radical (unpaired) electrons. The molecule has 0 fully saturated rings. The number of nitrogens with one attached hydrogen (secondary N) is 3. The lowest BCUT2D eigenvalue weighted by Crippen LogP contribution is -2.48. The number of alkyl carbamates (subject to hydrolysis) is 1. The highest BCUT2D eigenvalue weighted by Crippen LogP contribution is 2.20. The molecule has 4 N–H and O–H groups in total. The fourth-order valence-electron chi connectivity index (χ4n) is 4.29. The van der Waals surface area contributed by atoms with Crippen LogP contribution >= 0.6 is 0 Å². The molecular weight excluding hydrogens is 442 g/mol. The monoisotopic (exact) mass is 479 g/mol. The fourth-order valence-corrected chi connectivity index (χ4v) is 4.29. The molecule has 1 amide bonds. The smallest absolute Gasteiger partial charge is 0.407 e. The van der Waals surface area contributed by atoms with Crippen LogP contribution < -0.4 is 10.6 Å². The van der Waals surface area contributed by atoms with Gasteiger partial charge in [-0.2, -0.15) is 0 Å². The van der Waals surface area contributed by atoms with Crippen molar-refractivity contribution in [3.8, 4) is 0 Å². The van der Waals surface area contributed by atoms with Gasteiger partial charge in [0.05, 0.1) is 6.42 Å². The van der Waals surface area contributed by atoms with Crippen LogP contribution in [0.15, 0.2) is 54.7 Å². The van der Waals surface area contributed by atoms with Crippen molar-refractivity contribution < 1.29 is 19.4 Å². The number of H-pyrrole nitrogens is 1. The highest BCUT2D eigenvalue weighted by Gasteiger charge is 2.22. The maximum absolute atomic E-state index is 12.3. The average molecular weight is 480 g/mol. The van der Waals surface area contributed by atoms with Crippen molar-refractivity contribution in [3.05, 3.63) is 71.4 Å². The minimum atomic E-state index is -0.861. The molecule has 7 heteroatoms. The van der Waals surface area contributed by atoms with Crippen LogP contribution in [0.2, 0.25) is 0 Å². The minimum absolute atomic E-state index is 0.0210. The second kappa shape index (κ2) is 11.9. The number of benzene rings is 2. The lowest BCUT2D eigenvalue weighted by molar-refractivity contribution is -0.137. The lowest BCUT2D eigenvalue weighted by Gasteiger charge is -2.27. The van der Waals surface area contributed by atoms with Crippen LogP contribution in [0.3, 0.4) is 0 Å². The van der Waals surface area contributed by atoms with E-state index in [1.54, 1.807) is 0 Å². The quantitative estimate of drug-likeness (QED) is 0.311. The summed E-state index contributed by atoms with van der Waals surface area (Å²) in [4.78, 5) is 27.3. The van der Waals surface area contributed by atoms with Gasteiger partial charge < -0.3 is 25.5 Å². The number of aliphatic carboxylic acids is 1. The van der Waals surface area contributed by atoms with E-state index in [0.717, 1.165) is 29.3 Å². The number of carbonyl (C=O) groups excluding carboxylic acids is 1. The fraction of sp³-hybridized carbons (Fsp3) is 0.429. The Morgan fingerprint density at radius 2 is 1.74 bits per heavy atom. The predicted octanol–water partition coefficient (Wildman–Crippen LogP) is 4.98. The summed E-state index contributed by atoms with van der Waals surface area (Å²) in [6.45, 7) is 7.89. The number of rotatable bonds is 11. The van der Waals surface area contributed by atoms with Gasteiger partial charge in [-0.15, -0.1) is 0 Å². The molecule has 0 saturated carbocycles. The molecule has 2 atom stereocenters. The molecule has 3 aromatic rings. The normalized spacial score (nSPS) is 13.4. The van der Waals surface area contributed by atoms with Gasteiger partial charge in [0.15, 0.2) is 0 Å². The summed E-state index contributed by atoms with van der Waals surface area (Å²) in [5, 5.41) is 17.1. The van der Waals surface area contributed by atoms with Gasteiger partial charge in [-0.1, -0.05) is 42.5 Å². The number of hydrogen-bond donors (Lipinski definition) is 4. The Hall–Kier alpha value is -3.32. The van der Waals surface area contributed by atoms with Gasteiger partial charge in [0, 0.05) is 35.7 Å². The summed E-state index contributed by atoms with van der Waals surface area (Å²) in [5.74, 6) is -0.861. The van der Waals surface area contributed by atoms with Gasteiger partial charge in [-0.25, -0.2) is 4.79 Å². The second-order valence-electron chi connectivity index (χ2n) is 10.1. The molecular formula is C28H37N3O4. The maximum atomic E-state index is 12.3. The average Bonchev–Trinajstić information content (AvgIpc) is 3.18. The summed E-state index contributed by atoms with van der Waals surface area (Å²) in [5.41, 5.74) is 3.96. The molecule has 1 heterocycles. The molecule has 0 spiro atoms. The van der Waals surface area contributed by atoms with Gasteiger partial charge in [0.1, 0.15) is 5.60 Å². The maximum Gasteiger partial charge on any atom is 0.407 e. The van der Waals surface area contributed by atoms with Crippen molar-refractivity contribution in [2.75, 3.05) is 6.54 Å². The number of carbonyl (C=O) groups is 2. The Labute approximate surface area is 207 Å². The number of aromatic nitrogens is 1. The summed E-state index contributed by atoms with van der Waals surface area (Å²) < 4.78 is 5.40. The number of amides is 1. The third-order valence-corrected chi connectivity index (χ3v) is 5.95. The highest BCUT2D eigenvalue weighted by atomic mass is 16.6. The Bertz CT molecular complexity index is 1130. The van der Waals surface area contributed by atoms with Crippen LogP contribution in [0.4, 0.5) is 4.79 Å². The zero-order chi connectivity index (χ0) is 25.4. The van der Waals surface area contributed by atoms with Crippen LogP contribution in [0.5, 0.6) is 0 Å². The first-order valence-electron chi connectivity index (χ1n) is 12.1. The van der Waals surface area contributed by atoms with Crippen molar-refractivity contribution in [3.63, 3.8) is 0 Å². The predicted molar refractivity (Wildman–Crippen MR) is 139 cm³/mol. The number of aryl methyl sites for hydroxylation is 2. The topological polar surface area (TPSA) is 103 Å². The van der Waals surface area contributed by atoms with Crippen molar-refractivity contribution in [2.24, 2.45) is 0 Å². The Morgan fingerprint density at radius 1 is 1.03 bits per heavy atom. The van der Waals surface area contributed by atoms with E-state index >= 15 is 0 Å². The van der Waals surface area contributed by atoms with E-state index in [1.807, 2.05) is 63.4 Å². The molecule has 2 aromatic carbocycles. The van der Waals surface area contributed by atoms with Gasteiger partial charge in [-0.05, 0) is 69.7 Å². The molecule has 0 aliphatic carbocycles. The van der Waals surface area contributed by atoms with E-state index in [9.17, 15) is 14.7 Å². The van der Waals surface area contributed by atoms with E-state index in [2.05, 4.69) is 34.7 Å². The zero-order valence-electron chi connectivity index (χ0n) is 21.1. The van der Waals surface area contributed by atoms with Crippen LogP contribution in [0.25, 0.3) is 10.9 Å². The van der Waals surface area contributed by atoms with Crippen molar-refractivity contribution in [1.82, 2.24) is 15.6 Å². The number of ether oxygens (including phenoxy) is 1. The van der Waals surface area contributed by atoms with Gasteiger partial charge in [-0.3, -0.25) is 4.79 Å². The number of aromatic amines is 1. The van der Waals surface area contributed by atoms with Crippen molar-refractivity contribution in [1.29, 1.82) is 0 Å². The number of carboxylic acids is 1. The van der Waals surface area contributed by atoms with Crippen molar-refractivity contribution in [2.45, 2.75) is 71.1 Å². The van der Waals surface area contributed by atoms with E-state index in [-0.39, 0.29) is 18.5 Å². The standard InChI is InChI=1S/C28H37N3O4/c1-19-9-5-6-10-20(19)13-14-22(18-30-27(34)35-28(2,3)4)31-23(16-26(32)33)15-21-17-29-25-12-8-7-11-24(21)25/h5-12,17,22-23,29,31H,13-16,18H2,1-4H3,(H,30,34)(H,32,33)/t22?,23-/m0/s1. The van der Waals surface area contributed by atoms with Crippen LogP contribution in [0, 0.1) is 6.92 Å². The van der Waals surface area contributed by atoms with Crippen molar-refractivity contribution >= 4 is 23.0 Å². The third kappa shape index (κ3) is 8.44. The van der Waals surface area contributed by atoms with E-state index in [1.165, 1.54) is 11.1 Å². The number of hydrogen-bond acceptors (Lipinski definition) is 4. The molecule has 188 valence electrons. The molecule has 0 saturated heterocycles. The molecule has 35 heavy (non-hydrogen) atoms. The zero-order valence-corrected chi connectivity index (χ0v) is 21.1. The van der Waals surface area contributed by atoms with E-state index in [4.69, 9.17) is 4.74 Å². The molecule has 3 rings (SSSR count).